The molecular formula is C25H20ClFN2O5. The highest BCUT2D eigenvalue weighted by Gasteiger charge is 2.28. The summed E-state index contributed by atoms with van der Waals surface area (Å²) in [6.45, 7) is 1.04. The third kappa shape index (κ3) is 4.77. The van der Waals surface area contributed by atoms with E-state index >= 15 is 0 Å². The maximum absolute atomic E-state index is 14.4. The number of carbonyl (C=O) groups is 3. The number of hydrogen-bond acceptors (Lipinski definition) is 6. The minimum absolute atomic E-state index is 0.0992. The van der Waals surface area contributed by atoms with Gasteiger partial charge in [-0.25, -0.2) is 19.0 Å². The molecule has 4 rings (SSSR count). The van der Waals surface area contributed by atoms with E-state index in [2.05, 4.69) is 4.74 Å². The van der Waals surface area contributed by atoms with Crippen molar-refractivity contribution >= 4 is 52.1 Å². The van der Waals surface area contributed by atoms with E-state index in [9.17, 15) is 18.8 Å². The van der Waals surface area contributed by atoms with Crippen molar-refractivity contribution in [3.63, 3.8) is 0 Å². The van der Waals surface area contributed by atoms with Gasteiger partial charge in [-0.3, -0.25) is 10.1 Å². The first-order chi connectivity index (χ1) is 16.4. The number of benzene rings is 2. The Balaban J connectivity index is 1.69. The van der Waals surface area contributed by atoms with Crippen LogP contribution in [0.3, 0.4) is 0 Å². The van der Waals surface area contributed by atoms with Crippen molar-refractivity contribution < 1.29 is 28.2 Å². The van der Waals surface area contributed by atoms with Gasteiger partial charge in [0.05, 0.1) is 28.4 Å². The van der Waals surface area contributed by atoms with E-state index in [0.717, 1.165) is 5.57 Å². The molecule has 1 heterocycles. The van der Waals surface area contributed by atoms with E-state index in [0.29, 0.717) is 35.0 Å². The number of fused-ring (bicyclic) bond motifs is 2. The fourth-order valence-corrected chi connectivity index (χ4v) is 4.07. The van der Waals surface area contributed by atoms with Crippen LogP contribution in [0.1, 0.15) is 40.5 Å². The van der Waals surface area contributed by atoms with Crippen LogP contribution in [-0.2, 0) is 20.7 Å². The number of pyridine rings is 1. The first-order valence-electron chi connectivity index (χ1n) is 10.6. The topological polar surface area (TPSA) is 94.6 Å². The number of rotatable bonds is 5. The zero-order valence-corrected chi connectivity index (χ0v) is 18.9. The summed E-state index contributed by atoms with van der Waals surface area (Å²) in [5.41, 5.74) is 3.03. The van der Waals surface area contributed by atoms with Gasteiger partial charge in [0.1, 0.15) is 5.82 Å². The number of halogens is 2. The molecule has 7 nitrogen and oxygen atoms in total. The predicted molar refractivity (Wildman–Crippen MR) is 125 cm³/mol. The molecule has 1 N–H and O–H groups in total. The highest BCUT2D eigenvalue weighted by Crippen LogP contribution is 2.38. The molecule has 0 radical (unpaired) electrons. The molecule has 1 aromatic heterocycles. The van der Waals surface area contributed by atoms with Crippen LogP contribution >= 0.6 is 11.6 Å². The van der Waals surface area contributed by atoms with Crippen LogP contribution in [0.2, 0.25) is 5.02 Å². The van der Waals surface area contributed by atoms with Gasteiger partial charge in [-0.1, -0.05) is 35.9 Å². The van der Waals surface area contributed by atoms with E-state index in [1.165, 1.54) is 12.1 Å². The molecule has 34 heavy (non-hydrogen) atoms. The highest BCUT2D eigenvalue weighted by atomic mass is 35.5. The highest BCUT2D eigenvalue weighted by molar-refractivity contribution is 6.32. The Kier molecular flexibility index (Phi) is 6.88. The molecule has 9 heteroatoms. The number of hydrogen-bond donors (Lipinski definition) is 1. The van der Waals surface area contributed by atoms with Gasteiger partial charge >= 0.3 is 12.1 Å². The summed E-state index contributed by atoms with van der Waals surface area (Å²) < 4.78 is 24.2. The molecule has 0 bridgehead atoms. The smallest absolute Gasteiger partial charge is 0.413 e. The fourth-order valence-electron chi connectivity index (χ4n) is 3.86. The molecule has 1 aliphatic carbocycles. The first kappa shape index (κ1) is 23.4. The number of nitrogens with one attached hydrogen (secondary N) is 1. The van der Waals surface area contributed by atoms with Crippen molar-refractivity contribution in [1.82, 2.24) is 10.3 Å². The number of allylic oxidation sites excluding steroid dienone is 1. The third-order valence-corrected chi connectivity index (χ3v) is 5.65. The van der Waals surface area contributed by atoms with Crippen LogP contribution in [0.5, 0.6) is 0 Å². The number of esters is 1. The Morgan fingerprint density at radius 1 is 1.12 bits per heavy atom. The van der Waals surface area contributed by atoms with E-state index in [-0.39, 0.29) is 22.8 Å². The van der Waals surface area contributed by atoms with Crippen LogP contribution in [0.15, 0.2) is 42.5 Å². The molecule has 0 aliphatic heterocycles. The number of amides is 2. The normalized spacial score (nSPS) is 13.6. The van der Waals surface area contributed by atoms with Gasteiger partial charge in [-0.2, -0.15) is 0 Å². The van der Waals surface area contributed by atoms with Crippen molar-refractivity contribution in [3.05, 3.63) is 75.7 Å². The molecule has 0 saturated heterocycles. The van der Waals surface area contributed by atoms with Crippen molar-refractivity contribution in [2.75, 3.05) is 13.2 Å². The summed E-state index contributed by atoms with van der Waals surface area (Å²) in [5.74, 6) is -1.99. The standard InChI is InChI=1S/C25H20ClFN2O5/c1-2-33-25(32)29-21(30)13-34-24(31)22-15-6-3-4-9-20(15)28-23-14(10-11-16(22)23)12-17-18(26)7-5-8-19(17)27/h3-9,12H,2,10-11,13H2,1H3,(H,29,30,32). The Bertz CT molecular complexity index is 1320. The molecule has 174 valence electrons. The molecule has 2 aromatic carbocycles. The second-order valence-corrected chi connectivity index (χ2v) is 7.89. The number of imide groups is 1. The van der Waals surface area contributed by atoms with Gasteiger partial charge in [-0.05, 0) is 55.2 Å². The molecule has 0 unspecified atom stereocenters. The molecule has 0 atom stereocenters. The first-order valence-corrected chi connectivity index (χ1v) is 11.0. The van der Waals surface area contributed by atoms with Crippen LogP contribution in [0, 0.1) is 5.82 Å². The lowest BCUT2D eigenvalue weighted by molar-refractivity contribution is -0.123. The molecule has 1 aliphatic rings. The summed E-state index contributed by atoms with van der Waals surface area (Å²) in [4.78, 5) is 41.1. The fraction of sp³-hybridized carbons (Fsp3) is 0.200. The number of para-hydroxylation sites is 1. The van der Waals surface area contributed by atoms with Crippen molar-refractivity contribution in [2.45, 2.75) is 19.8 Å². The Labute approximate surface area is 199 Å². The zero-order valence-electron chi connectivity index (χ0n) is 18.2. The van der Waals surface area contributed by atoms with Crippen LogP contribution in [0.4, 0.5) is 9.18 Å². The average Bonchev–Trinajstić information content (AvgIpc) is 3.20. The minimum atomic E-state index is -0.916. The number of aromatic nitrogens is 1. The average molecular weight is 483 g/mol. The maximum Gasteiger partial charge on any atom is 0.413 e. The minimum Gasteiger partial charge on any atom is -0.452 e. The van der Waals surface area contributed by atoms with Gasteiger partial charge in [0, 0.05) is 10.9 Å². The van der Waals surface area contributed by atoms with Gasteiger partial charge < -0.3 is 9.47 Å². The molecule has 0 saturated carbocycles. The third-order valence-electron chi connectivity index (χ3n) is 5.32. The van der Waals surface area contributed by atoms with Gasteiger partial charge in [0.15, 0.2) is 6.61 Å². The summed E-state index contributed by atoms with van der Waals surface area (Å²) >= 11 is 6.19. The Hall–Kier alpha value is -3.78. The SMILES string of the molecule is CCOC(=O)NC(=O)COC(=O)c1c2c(nc3ccccc13)C(=Cc1c(F)cccc1Cl)CC2. The monoisotopic (exact) mass is 482 g/mol. The van der Waals surface area contributed by atoms with Gasteiger partial charge in [-0.15, -0.1) is 0 Å². The maximum atomic E-state index is 14.4. The number of nitrogens with zero attached hydrogens (tertiary/aromatic N) is 1. The molecule has 2 amide bonds. The van der Waals surface area contributed by atoms with Crippen LogP contribution in [-0.4, -0.2) is 36.2 Å². The second kappa shape index (κ2) is 10.0. The van der Waals surface area contributed by atoms with Crippen molar-refractivity contribution in [3.8, 4) is 0 Å². The van der Waals surface area contributed by atoms with Crippen molar-refractivity contribution in [1.29, 1.82) is 0 Å². The number of ether oxygens (including phenoxy) is 2. The van der Waals surface area contributed by atoms with Gasteiger partial charge in [0.25, 0.3) is 5.91 Å². The second-order valence-electron chi connectivity index (χ2n) is 7.48. The Morgan fingerprint density at radius 3 is 2.68 bits per heavy atom. The lowest BCUT2D eigenvalue weighted by Crippen LogP contribution is -2.34. The Morgan fingerprint density at radius 2 is 1.91 bits per heavy atom. The molecule has 3 aromatic rings. The van der Waals surface area contributed by atoms with E-state index in [1.54, 1.807) is 43.3 Å². The predicted octanol–water partition coefficient (Wildman–Crippen LogP) is 4.94. The van der Waals surface area contributed by atoms with Gasteiger partial charge in [0.2, 0.25) is 0 Å². The summed E-state index contributed by atoms with van der Waals surface area (Å²) in [5, 5.41) is 2.82. The zero-order chi connectivity index (χ0) is 24.2. The van der Waals surface area contributed by atoms with E-state index < -0.39 is 30.4 Å². The molecular weight excluding hydrogens is 463 g/mol. The molecule has 0 spiro atoms. The lowest BCUT2D eigenvalue weighted by Gasteiger charge is -2.12. The summed E-state index contributed by atoms with van der Waals surface area (Å²) in [6, 6.07) is 11.5. The van der Waals surface area contributed by atoms with Crippen LogP contribution in [0.25, 0.3) is 22.6 Å². The quantitative estimate of drug-likeness (QED) is 0.517. The van der Waals surface area contributed by atoms with E-state index in [1.807, 2.05) is 5.32 Å². The lowest BCUT2D eigenvalue weighted by atomic mass is 10.0. The van der Waals surface area contributed by atoms with Crippen molar-refractivity contribution in [2.24, 2.45) is 0 Å². The summed E-state index contributed by atoms with van der Waals surface area (Å²) in [7, 11) is 0. The number of alkyl carbamates (subject to hydrolysis) is 1. The van der Waals surface area contributed by atoms with E-state index in [4.69, 9.17) is 21.3 Å². The molecule has 0 fully saturated rings. The number of carbonyl (C=O) groups excluding carboxylic acids is 3. The largest absolute Gasteiger partial charge is 0.452 e. The summed E-state index contributed by atoms with van der Waals surface area (Å²) in [6.07, 6.45) is 1.73. The van der Waals surface area contributed by atoms with Crippen LogP contribution < -0.4 is 5.32 Å².